The fourth-order valence-corrected chi connectivity index (χ4v) is 4.91. The second kappa shape index (κ2) is 5.14. The second-order valence-corrected chi connectivity index (χ2v) is 8.06. The van der Waals surface area contributed by atoms with E-state index in [0.717, 1.165) is 9.35 Å². The number of rotatable bonds is 4. The van der Waals surface area contributed by atoms with Crippen molar-refractivity contribution in [2.24, 2.45) is 0 Å². The number of aryl methyl sites for hydroxylation is 1. The van der Waals surface area contributed by atoms with Crippen LogP contribution in [-0.4, -0.2) is 32.2 Å². The highest BCUT2D eigenvalue weighted by Gasteiger charge is 2.23. The summed E-state index contributed by atoms with van der Waals surface area (Å²) in [7, 11) is -1.84. The highest BCUT2D eigenvalue weighted by atomic mass is 79.9. The van der Waals surface area contributed by atoms with E-state index >= 15 is 0 Å². The van der Waals surface area contributed by atoms with Crippen LogP contribution in [0.1, 0.15) is 5.56 Å². The van der Waals surface area contributed by atoms with E-state index in [9.17, 15) is 8.42 Å². The predicted molar refractivity (Wildman–Crippen MR) is 67.3 cm³/mol. The van der Waals surface area contributed by atoms with Crippen LogP contribution in [0.4, 0.5) is 0 Å². The van der Waals surface area contributed by atoms with E-state index in [2.05, 4.69) is 15.9 Å². The Morgan fingerprint density at radius 1 is 1.60 bits per heavy atom. The normalized spacial score (nSPS) is 12.3. The van der Waals surface area contributed by atoms with E-state index in [1.54, 1.807) is 6.07 Å². The molecular formula is C8H11BrClNO2S2. The topological polar surface area (TPSA) is 37.4 Å². The molecule has 1 rings (SSSR count). The van der Waals surface area contributed by atoms with Crippen molar-refractivity contribution < 1.29 is 8.42 Å². The molecule has 0 saturated heterocycles. The first-order valence-electron chi connectivity index (χ1n) is 4.18. The lowest BCUT2D eigenvalue weighted by Gasteiger charge is -2.13. The van der Waals surface area contributed by atoms with Crippen LogP contribution < -0.4 is 0 Å². The van der Waals surface area contributed by atoms with Gasteiger partial charge in [-0.1, -0.05) is 0 Å². The van der Waals surface area contributed by atoms with Gasteiger partial charge in [-0.2, -0.15) is 4.31 Å². The Labute approximate surface area is 107 Å². The number of alkyl halides is 1. The van der Waals surface area contributed by atoms with Crippen LogP contribution >= 0.6 is 38.9 Å². The Balaban J connectivity index is 3.06. The smallest absolute Gasteiger partial charge is 0.206 e. The molecule has 86 valence electrons. The van der Waals surface area contributed by atoms with Gasteiger partial charge in [-0.15, -0.1) is 22.9 Å². The molecule has 0 bridgehead atoms. The van der Waals surface area contributed by atoms with E-state index in [0.29, 0.717) is 16.6 Å². The van der Waals surface area contributed by atoms with Crippen molar-refractivity contribution in [2.45, 2.75) is 11.1 Å². The summed E-state index contributed by atoms with van der Waals surface area (Å²) in [5.41, 5.74) is 0.929. The van der Waals surface area contributed by atoms with Gasteiger partial charge in [0.05, 0.1) is 3.79 Å². The lowest BCUT2D eigenvalue weighted by Crippen LogP contribution is -2.28. The number of hydrogen-bond donors (Lipinski definition) is 0. The molecule has 0 saturated carbocycles. The maximum Gasteiger partial charge on any atom is 0.252 e. The third-order valence-electron chi connectivity index (χ3n) is 1.90. The fourth-order valence-electron chi connectivity index (χ4n) is 0.952. The van der Waals surface area contributed by atoms with E-state index in [4.69, 9.17) is 11.6 Å². The van der Waals surface area contributed by atoms with Crippen molar-refractivity contribution in [3.8, 4) is 0 Å². The van der Waals surface area contributed by atoms with Gasteiger partial charge < -0.3 is 0 Å². The summed E-state index contributed by atoms with van der Waals surface area (Å²) < 4.78 is 26.3. The first-order chi connectivity index (χ1) is 6.89. The minimum absolute atomic E-state index is 0.293. The highest BCUT2D eigenvalue weighted by Crippen LogP contribution is 2.31. The lowest BCUT2D eigenvalue weighted by molar-refractivity contribution is 0.490. The molecule has 0 aliphatic carbocycles. The molecule has 0 radical (unpaired) electrons. The summed E-state index contributed by atoms with van der Waals surface area (Å²) >= 11 is 10.0. The lowest BCUT2D eigenvalue weighted by atomic mass is 10.4. The van der Waals surface area contributed by atoms with Gasteiger partial charge in [0.1, 0.15) is 4.21 Å². The van der Waals surface area contributed by atoms with Crippen LogP contribution in [0, 0.1) is 6.92 Å². The van der Waals surface area contributed by atoms with Gasteiger partial charge in [-0.05, 0) is 34.5 Å². The predicted octanol–water partition coefficient (Wildman–Crippen LogP) is 2.68. The molecule has 0 N–H and O–H groups in total. The molecule has 0 unspecified atom stereocenters. The van der Waals surface area contributed by atoms with Gasteiger partial charge in [-0.3, -0.25) is 0 Å². The molecular weight excluding hydrogens is 322 g/mol. The third-order valence-corrected chi connectivity index (χ3v) is 6.51. The molecule has 0 fully saturated rings. The van der Waals surface area contributed by atoms with Gasteiger partial charge in [0.25, 0.3) is 10.0 Å². The van der Waals surface area contributed by atoms with Crippen molar-refractivity contribution in [1.82, 2.24) is 4.31 Å². The van der Waals surface area contributed by atoms with Crippen molar-refractivity contribution in [3.05, 3.63) is 15.4 Å². The molecule has 0 amide bonds. The number of nitrogens with zero attached hydrogens (tertiary/aromatic N) is 1. The van der Waals surface area contributed by atoms with Gasteiger partial charge in [0.15, 0.2) is 0 Å². The molecule has 3 nitrogen and oxygen atoms in total. The molecule has 0 spiro atoms. The summed E-state index contributed by atoms with van der Waals surface area (Å²) in [4.78, 5) is 0. The van der Waals surface area contributed by atoms with Gasteiger partial charge in [0.2, 0.25) is 0 Å². The quantitative estimate of drug-likeness (QED) is 0.795. The third kappa shape index (κ3) is 2.94. The molecule has 0 aromatic carbocycles. The summed E-state index contributed by atoms with van der Waals surface area (Å²) in [5.74, 6) is 0.293. The summed E-state index contributed by atoms with van der Waals surface area (Å²) in [5, 5.41) is 0. The number of hydrogen-bond acceptors (Lipinski definition) is 3. The number of halogens is 2. The molecule has 0 aliphatic rings. The second-order valence-electron chi connectivity index (χ2n) is 3.04. The SMILES string of the molecule is Cc1cc(S(=O)(=O)N(C)CCCl)sc1Br. The van der Waals surface area contributed by atoms with Crippen LogP contribution in [0.25, 0.3) is 0 Å². The average Bonchev–Trinajstić information content (AvgIpc) is 2.48. The van der Waals surface area contributed by atoms with Crippen LogP contribution in [0.3, 0.4) is 0 Å². The number of sulfonamides is 1. The summed E-state index contributed by atoms with van der Waals surface area (Å²) in [6, 6.07) is 1.66. The standard InChI is InChI=1S/C8H11BrClNO2S2/c1-6-5-7(14-8(6)9)15(12,13)11(2)4-3-10/h5H,3-4H2,1-2H3. The van der Waals surface area contributed by atoms with Gasteiger partial charge >= 0.3 is 0 Å². The molecule has 0 aliphatic heterocycles. The van der Waals surface area contributed by atoms with Crippen molar-refractivity contribution in [2.75, 3.05) is 19.5 Å². The van der Waals surface area contributed by atoms with E-state index in [1.807, 2.05) is 6.92 Å². The Bertz CT molecular complexity index is 424. The van der Waals surface area contributed by atoms with Gasteiger partial charge in [-0.25, -0.2) is 8.42 Å². The van der Waals surface area contributed by atoms with Crippen LogP contribution in [0.5, 0.6) is 0 Å². The van der Waals surface area contributed by atoms with E-state index in [-0.39, 0.29) is 0 Å². The number of thiophene rings is 1. The van der Waals surface area contributed by atoms with Crippen molar-refractivity contribution >= 4 is 48.9 Å². The van der Waals surface area contributed by atoms with Crippen molar-refractivity contribution in [3.63, 3.8) is 0 Å². The van der Waals surface area contributed by atoms with Crippen LogP contribution in [0.2, 0.25) is 0 Å². The van der Waals surface area contributed by atoms with Crippen LogP contribution in [0.15, 0.2) is 14.1 Å². The zero-order chi connectivity index (χ0) is 11.6. The highest BCUT2D eigenvalue weighted by molar-refractivity contribution is 9.11. The first kappa shape index (κ1) is 13.4. The molecule has 0 atom stereocenters. The Morgan fingerprint density at radius 2 is 2.20 bits per heavy atom. The minimum atomic E-state index is -3.37. The zero-order valence-electron chi connectivity index (χ0n) is 8.33. The monoisotopic (exact) mass is 331 g/mol. The average molecular weight is 333 g/mol. The van der Waals surface area contributed by atoms with E-state index < -0.39 is 10.0 Å². The minimum Gasteiger partial charge on any atom is -0.206 e. The summed E-state index contributed by atoms with van der Waals surface area (Å²) in [6.45, 7) is 2.18. The summed E-state index contributed by atoms with van der Waals surface area (Å²) in [6.07, 6.45) is 0. The fraction of sp³-hybridized carbons (Fsp3) is 0.500. The van der Waals surface area contributed by atoms with Crippen molar-refractivity contribution in [1.29, 1.82) is 0 Å². The molecule has 7 heteroatoms. The molecule has 15 heavy (non-hydrogen) atoms. The molecule has 1 aromatic heterocycles. The Hall–Kier alpha value is 0.380. The Morgan fingerprint density at radius 3 is 2.60 bits per heavy atom. The Kier molecular flexibility index (Phi) is 4.61. The first-order valence-corrected chi connectivity index (χ1v) is 7.76. The maximum atomic E-state index is 11.9. The largest absolute Gasteiger partial charge is 0.252 e. The molecule has 1 aromatic rings. The maximum absolute atomic E-state index is 11.9. The molecule has 1 heterocycles. The van der Waals surface area contributed by atoms with E-state index in [1.165, 1.54) is 22.7 Å². The van der Waals surface area contributed by atoms with Crippen LogP contribution in [-0.2, 0) is 10.0 Å². The zero-order valence-corrected chi connectivity index (χ0v) is 12.3. The van der Waals surface area contributed by atoms with Gasteiger partial charge in [0, 0.05) is 19.5 Å².